The van der Waals surface area contributed by atoms with Gasteiger partial charge in [-0.3, -0.25) is 4.90 Å². The second kappa shape index (κ2) is 5.58. The summed E-state index contributed by atoms with van der Waals surface area (Å²) >= 11 is 0. The van der Waals surface area contributed by atoms with Gasteiger partial charge in [0.05, 0.1) is 0 Å². The Morgan fingerprint density at radius 2 is 2.10 bits per heavy atom. The van der Waals surface area contributed by atoms with E-state index < -0.39 is 0 Å². The molecular formula is C17H25N3. The molecule has 1 fully saturated rings. The van der Waals surface area contributed by atoms with Crippen LogP contribution in [0.15, 0.2) is 30.5 Å². The third-order valence-corrected chi connectivity index (χ3v) is 4.42. The summed E-state index contributed by atoms with van der Waals surface area (Å²) in [5.41, 5.74) is 2.78. The normalized spacial score (nSPS) is 21.5. The highest BCUT2D eigenvalue weighted by molar-refractivity contribution is 5.81. The van der Waals surface area contributed by atoms with Crippen molar-refractivity contribution in [3.05, 3.63) is 36.0 Å². The molecule has 20 heavy (non-hydrogen) atoms. The van der Waals surface area contributed by atoms with Gasteiger partial charge in [-0.15, -0.1) is 0 Å². The fourth-order valence-corrected chi connectivity index (χ4v) is 3.20. The Kier molecular flexibility index (Phi) is 3.81. The topological polar surface area (TPSA) is 20.2 Å². The summed E-state index contributed by atoms with van der Waals surface area (Å²) in [7, 11) is 2.24. The van der Waals surface area contributed by atoms with Gasteiger partial charge in [0, 0.05) is 30.3 Å². The van der Waals surface area contributed by atoms with Crippen molar-refractivity contribution in [2.75, 3.05) is 26.7 Å². The minimum absolute atomic E-state index is 0.484. The first-order chi connectivity index (χ1) is 9.66. The van der Waals surface area contributed by atoms with E-state index in [0.717, 1.165) is 13.1 Å². The molecule has 1 unspecified atom stereocenters. The van der Waals surface area contributed by atoms with E-state index >= 15 is 0 Å². The van der Waals surface area contributed by atoms with E-state index in [1.54, 1.807) is 0 Å². The molecule has 1 aliphatic rings. The smallest absolute Gasteiger partial charge is 0.0486 e. The maximum absolute atomic E-state index is 3.56. The molecule has 2 aromatic rings. The summed E-state index contributed by atoms with van der Waals surface area (Å²) in [5.74, 6) is 0. The van der Waals surface area contributed by atoms with Crippen LogP contribution in [0.25, 0.3) is 10.9 Å². The second-order valence-corrected chi connectivity index (χ2v) is 6.19. The van der Waals surface area contributed by atoms with Gasteiger partial charge in [-0.05, 0) is 63.5 Å². The number of hydrogen-bond donors (Lipinski definition) is 1. The van der Waals surface area contributed by atoms with Crippen LogP contribution in [-0.4, -0.2) is 36.1 Å². The Hall–Kier alpha value is -1.32. The zero-order valence-electron chi connectivity index (χ0n) is 12.8. The third kappa shape index (κ3) is 2.48. The first-order valence-electron chi connectivity index (χ1n) is 7.68. The van der Waals surface area contributed by atoms with Gasteiger partial charge in [0.25, 0.3) is 0 Å². The van der Waals surface area contributed by atoms with Crippen molar-refractivity contribution in [3.8, 4) is 0 Å². The molecule has 0 aliphatic carbocycles. The number of fused-ring (bicyclic) bond motifs is 1. The SMILES string of the molecule is CC(C)n1ccc2ccc(C3CNCCCN3C)cc21. The molecule has 1 aromatic heterocycles. The Balaban J connectivity index is 2.00. The van der Waals surface area contributed by atoms with Crippen molar-refractivity contribution >= 4 is 10.9 Å². The molecule has 0 spiro atoms. The first-order valence-corrected chi connectivity index (χ1v) is 7.68. The standard InChI is InChI=1S/C17H25N3/c1-13(2)20-10-7-14-5-6-15(11-16(14)20)17-12-18-8-4-9-19(17)3/h5-7,10-11,13,17-18H,4,8-9,12H2,1-3H3. The molecule has 108 valence electrons. The van der Waals surface area contributed by atoms with Crippen LogP contribution >= 0.6 is 0 Å². The Labute approximate surface area is 121 Å². The van der Waals surface area contributed by atoms with Crippen LogP contribution in [0.5, 0.6) is 0 Å². The quantitative estimate of drug-likeness (QED) is 0.905. The monoisotopic (exact) mass is 271 g/mol. The third-order valence-electron chi connectivity index (χ3n) is 4.42. The fraction of sp³-hybridized carbons (Fsp3) is 0.529. The number of nitrogens with one attached hydrogen (secondary N) is 1. The van der Waals surface area contributed by atoms with Crippen molar-refractivity contribution in [2.24, 2.45) is 0 Å². The summed E-state index contributed by atoms with van der Waals surface area (Å²) in [6.45, 7) is 7.83. The van der Waals surface area contributed by atoms with E-state index in [2.05, 4.69) is 66.1 Å². The molecule has 0 saturated carbocycles. The van der Waals surface area contributed by atoms with Crippen molar-refractivity contribution in [1.82, 2.24) is 14.8 Å². The summed E-state index contributed by atoms with van der Waals surface area (Å²) in [4.78, 5) is 2.48. The van der Waals surface area contributed by atoms with E-state index in [9.17, 15) is 0 Å². The van der Waals surface area contributed by atoms with Crippen LogP contribution in [0.2, 0.25) is 0 Å². The molecule has 0 amide bonds. The predicted molar refractivity (Wildman–Crippen MR) is 85.2 cm³/mol. The minimum atomic E-state index is 0.484. The van der Waals surface area contributed by atoms with E-state index in [4.69, 9.17) is 0 Å². The van der Waals surface area contributed by atoms with E-state index in [1.165, 1.54) is 29.4 Å². The molecule has 1 N–H and O–H groups in total. The van der Waals surface area contributed by atoms with E-state index in [-0.39, 0.29) is 0 Å². The van der Waals surface area contributed by atoms with Crippen LogP contribution in [-0.2, 0) is 0 Å². The van der Waals surface area contributed by atoms with Crippen LogP contribution in [0, 0.1) is 0 Å². The Bertz CT molecular complexity index is 585. The van der Waals surface area contributed by atoms with Crippen molar-refractivity contribution in [1.29, 1.82) is 0 Å². The lowest BCUT2D eigenvalue weighted by Crippen LogP contribution is -2.29. The average molecular weight is 271 g/mol. The summed E-state index contributed by atoms with van der Waals surface area (Å²) < 4.78 is 2.36. The zero-order chi connectivity index (χ0) is 14.1. The maximum atomic E-state index is 3.56. The number of nitrogens with zero attached hydrogens (tertiary/aromatic N) is 2. The molecule has 1 aromatic carbocycles. The Morgan fingerprint density at radius 3 is 2.90 bits per heavy atom. The average Bonchev–Trinajstić information content (AvgIpc) is 2.74. The van der Waals surface area contributed by atoms with Crippen LogP contribution in [0.3, 0.4) is 0 Å². The van der Waals surface area contributed by atoms with Gasteiger partial charge < -0.3 is 9.88 Å². The molecule has 1 saturated heterocycles. The number of likely N-dealkylation sites (N-methyl/N-ethyl adjacent to an activating group) is 1. The summed E-state index contributed by atoms with van der Waals surface area (Å²) in [5, 5.41) is 4.90. The predicted octanol–water partition coefficient (Wildman–Crippen LogP) is 3.19. The zero-order valence-corrected chi connectivity index (χ0v) is 12.8. The Morgan fingerprint density at radius 1 is 1.25 bits per heavy atom. The van der Waals surface area contributed by atoms with Crippen LogP contribution in [0.1, 0.15) is 37.9 Å². The lowest BCUT2D eigenvalue weighted by Gasteiger charge is -2.26. The van der Waals surface area contributed by atoms with Gasteiger partial charge >= 0.3 is 0 Å². The van der Waals surface area contributed by atoms with E-state index in [0.29, 0.717) is 12.1 Å². The molecule has 3 rings (SSSR count). The largest absolute Gasteiger partial charge is 0.345 e. The van der Waals surface area contributed by atoms with Gasteiger partial charge in [-0.2, -0.15) is 0 Å². The number of benzene rings is 1. The lowest BCUT2D eigenvalue weighted by atomic mass is 10.0. The highest BCUT2D eigenvalue weighted by Gasteiger charge is 2.19. The first kappa shape index (κ1) is 13.7. The molecule has 1 aliphatic heterocycles. The molecule has 2 heterocycles. The van der Waals surface area contributed by atoms with Gasteiger partial charge in [0.1, 0.15) is 0 Å². The molecule has 1 atom stereocenters. The molecule has 0 bridgehead atoms. The number of hydrogen-bond acceptors (Lipinski definition) is 2. The van der Waals surface area contributed by atoms with Crippen molar-refractivity contribution in [2.45, 2.75) is 32.4 Å². The van der Waals surface area contributed by atoms with Gasteiger partial charge in [0.15, 0.2) is 0 Å². The minimum Gasteiger partial charge on any atom is -0.345 e. The maximum Gasteiger partial charge on any atom is 0.0486 e. The lowest BCUT2D eigenvalue weighted by molar-refractivity contribution is 0.262. The van der Waals surface area contributed by atoms with Gasteiger partial charge in [0.2, 0.25) is 0 Å². The van der Waals surface area contributed by atoms with Gasteiger partial charge in [-0.25, -0.2) is 0 Å². The number of rotatable bonds is 2. The summed E-state index contributed by atoms with van der Waals surface area (Å²) in [6.07, 6.45) is 3.44. The van der Waals surface area contributed by atoms with Crippen LogP contribution < -0.4 is 5.32 Å². The molecule has 3 nitrogen and oxygen atoms in total. The fourth-order valence-electron chi connectivity index (χ4n) is 3.20. The molecular weight excluding hydrogens is 246 g/mol. The van der Waals surface area contributed by atoms with Gasteiger partial charge in [-0.1, -0.05) is 12.1 Å². The van der Waals surface area contributed by atoms with E-state index in [1.807, 2.05) is 0 Å². The van der Waals surface area contributed by atoms with Crippen LogP contribution in [0.4, 0.5) is 0 Å². The van der Waals surface area contributed by atoms with Crippen molar-refractivity contribution < 1.29 is 0 Å². The summed E-state index contributed by atoms with van der Waals surface area (Å²) in [6, 6.07) is 10.1. The highest BCUT2D eigenvalue weighted by Crippen LogP contribution is 2.27. The molecule has 0 radical (unpaired) electrons. The number of aromatic nitrogens is 1. The molecule has 3 heteroatoms. The second-order valence-electron chi connectivity index (χ2n) is 6.19. The highest BCUT2D eigenvalue weighted by atomic mass is 15.2. The van der Waals surface area contributed by atoms with Crippen molar-refractivity contribution in [3.63, 3.8) is 0 Å².